The fourth-order valence-corrected chi connectivity index (χ4v) is 2.43. The summed E-state index contributed by atoms with van der Waals surface area (Å²) < 4.78 is 0. The third kappa shape index (κ3) is 4.52. The van der Waals surface area contributed by atoms with Crippen LogP contribution in [0.3, 0.4) is 0 Å². The molecule has 2 N–H and O–H groups in total. The highest BCUT2D eigenvalue weighted by molar-refractivity contribution is 5.76. The summed E-state index contributed by atoms with van der Waals surface area (Å²) in [6.07, 6.45) is 3.86. The van der Waals surface area contributed by atoms with Gasteiger partial charge in [-0.05, 0) is 38.0 Å². The second-order valence-electron chi connectivity index (χ2n) is 5.64. The van der Waals surface area contributed by atoms with Crippen molar-refractivity contribution in [2.24, 2.45) is 17.6 Å². The molecule has 1 rings (SSSR count). The first kappa shape index (κ1) is 13.5. The van der Waals surface area contributed by atoms with Gasteiger partial charge in [-0.1, -0.05) is 13.8 Å². The Bertz CT molecular complexity index is 226. The molecule has 0 aliphatic carbocycles. The molecule has 1 aliphatic rings. The van der Waals surface area contributed by atoms with E-state index in [1.807, 2.05) is 11.8 Å². The zero-order valence-electron chi connectivity index (χ0n) is 10.9. The van der Waals surface area contributed by atoms with E-state index in [4.69, 9.17) is 5.73 Å². The number of nitrogens with zero attached hydrogens (tertiary/aromatic N) is 1. The van der Waals surface area contributed by atoms with Gasteiger partial charge in [-0.25, -0.2) is 0 Å². The quantitative estimate of drug-likeness (QED) is 0.779. The molecule has 94 valence electrons. The zero-order chi connectivity index (χ0) is 12.1. The van der Waals surface area contributed by atoms with Gasteiger partial charge in [0.05, 0.1) is 0 Å². The maximum Gasteiger partial charge on any atom is 0.222 e. The van der Waals surface area contributed by atoms with Crippen LogP contribution in [0.5, 0.6) is 0 Å². The van der Waals surface area contributed by atoms with E-state index in [-0.39, 0.29) is 6.04 Å². The molecule has 2 atom stereocenters. The van der Waals surface area contributed by atoms with Crippen molar-refractivity contribution in [2.75, 3.05) is 13.1 Å². The number of rotatable bonds is 5. The van der Waals surface area contributed by atoms with E-state index in [0.717, 1.165) is 31.3 Å². The van der Waals surface area contributed by atoms with Crippen LogP contribution in [-0.4, -0.2) is 29.9 Å². The van der Waals surface area contributed by atoms with Crippen molar-refractivity contribution in [2.45, 2.75) is 52.5 Å². The van der Waals surface area contributed by atoms with Crippen molar-refractivity contribution in [1.29, 1.82) is 0 Å². The van der Waals surface area contributed by atoms with E-state index in [2.05, 4.69) is 13.8 Å². The summed E-state index contributed by atoms with van der Waals surface area (Å²) in [6.45, 7) is 8.38. The number of hydrogen-bond donors (Lipinski definition) is 1. The second-order valence-corrected chi connectivity index (χ2v) is 5.64. The molecule has 1 saturated heterocycles. The Balaban J connectivity index is 2.26. The SMILES string of the molecule is CC(C)CC1CCN(C(=O)CCC(C)N)C1. The highest BCUT2D eigenvalue weighted by Gasteiger charge is 2.26. The third-order valence-electron chi connectivity index (χ3n) is 3.26. The molecule has 0 aromatic rings. The molecule has 0 saturated carbocycles. The minimum atomic E-state index is 0.137. The normalized spacial score (nSPS) is 22.8. The van der Waals surface area contributed by atoms with Gasteiger partial charge in [0.1, 0.15) is 0 Å². The monoisotopic (exact) mass is 226 g/mol. The van der Waals surface area contributed by atoms with E-state index in [1.54, 1.807) is 0 Å². The lowest BCUT2D eigenvalue weighted by Gasteiger charge is -2.17. The van der Waals surface area contributed by atoms with E-state index in [0.29, 0.717) is 12.3 Å². The van der Waals surface area contributed by atoms with Gasteiger partial charge < -0.3 is 10.6 Å². The van der Waals surface area contributed by atoms with Crippen LogP contribution in [-0.2, 0) is 4.79 Å². The van der Waals surface area contributed by atoms with Crippen molar-refractivity contribution in [1.82, 2.24) is 4.90 Å². The summed E-state index contributed by atoms with van der Waals surface area (Å²) in [5.74, 6) is 1.76. The van der Waals surface area contributed by atoms with Crippen molar-refractivity contribution in [3.63, 3.8) is 0 Å². The number of likely N-dealkylation sites (tertiary alicyclic amines) is 1. The molecule has 0 aromatic heterocycles. The van der Waals surface area contributed by atoms with Crippen LogP contribution in [0.2, 0.25) is 0 Å². The molecule has 3 nitrogen and oxygen atoms in total. The topological polar surface area (TPSA) is 46.3 Å². The average Bonchev–Trinajstić information content (AvgIpc) is 2.61. The summed E-state index contributed by atoms with van der Waals surface area (Å²) in [4.78, 5) is 13.9. The van der Waals surface area contributed by atoms with Crippen LogP contribution < -0.4 is 5.73 Å². The largest absolute Gasteiger partial charge is 0.342 e. The summed E-state index contributed by atoms with van der Waals surface area (Å²) >= 11 is 0. The molecule has 1 heterocycles. The van der Waals surface area contributed by atoms with Gasteiger partial charge in [-0.2, -0.15) is 0 Å². The van der Waals surface area contributed by atoms with E-state index in [9.17, 15) is 4.79 Å². The zero-order valence-corrected chi connectivity index (χ0v) is 10.9. The summed E-state index contributed by atoms with van der Waals surface area (Å²) in [6, 6.07) is 0.137. The van der Waals surface area contributed by atoms with E-state index >= 15 is 0 Å². The number of hydrogen-bond acceptors (Lipinski definition) is 2. The predicted molar refractivity (Wildman–Crippen MR) is 67.0 cm³/mol. The molecule has 0 spiro atoms. The molecule has 3 heteroatoms. The maximum absolute atomic E-state index is 11.9. The molecule has 1 fully saturated rings. The van der Waals surface area contributed by atoms with Gasteiger partial charge in [0.15, 0.2) is 0 Å². The van der Waals surface area contributed by atoms with Gasteiger partial charge >= 0.3 is 0 Å². The number of amides is 1. The van der Waals surface area contributed by atoms with Gasteiger partial charge in [-0.3, -0.25) is 4.79 Å². The molecular weight excluding hydrogens is 200 g/mol. The number of carbonyl (C=O) groups excluding carboxylic acids is 1. The lowest BCUT2D eigenvalue weighted by atomic mass is 9.97. The van der Waals surface area contributed by atoms with E-state index < -0.39 is 0 Å². The van der Waals surface area contributed by atoms with Gasteiger partial charge in [0, 0.05) is 25.6 Å². The Hall–Kier alpha value is -0.570. The fourth-order valence-electron chi connectivity index (χ4n) is 2.43. The van der Waals surface area contributed by atoms with Crippen LogP contribution in [0.1, 0.15) is 46.5 Å². The third-order valence-corrected chi connectivity index (χ3v) is 3.26. The van der Waals surface area contributed by atoms with Gasteiger partial charge in [0.25, 0.3) is 0 Å². The van der Waals surface area contributed by atoms with Crippen molar-refractivity contribution >= 4 is 5.91 Å². The van der Waals surface area contributed by atoms with Gasteiger partial charge in [0.2, 0.25) is 5.91 Å². The Morgan fingerprint density at radius 3 is 2.69 bits per heavy atom. The van der Waals surface area contributed by atoms with Crippen LogP contribution in [0.4, 0.5) is 0 Å². The maximum atomic E-state index is 11.9. The Morgan fingerprint density at radius 1 is 1.44 bits per heavy atom. The molecule has 0 radical (unpaired) electrons. The highest BCUT2D eigenvalue weighted by Crippen LogP contribution is 2.23. The van der Waals surface area contributed by atoms with Crippen molar-refractivity contribution in [3.05, 3.63) is 0 Å². The number of carbonyl (C=O) groups is 1. The first-order valence-electron chi connectivity index (χ1n) is 6.52. The lowest BCUT2D eigenvalue weighted by Crippen LogP contribution is -2.30. The number of nitrogens with two attached hydrogens (primary N) is 1. The molecule has 0 bridgehead atoms. The molecule has 0 aromatic carbocycles. The molecule has 2 unspecified atom stereocenters. The Kier molecular flexibility index (Phi) is 5.26. The Labute approximate surface area is 99.4 Å². The first-order chi connectivity index (χ1) is 7.49. The summed E-state index contributed by atoms with van der Waals surface area (Å²) in [7, 11) is 0. The standard InChI is InChI=1S/C13H26N2O/c1-10(2)8-12-6-7-15(9-12)13(16)5-4-11(3)14/h10-12H,4-9,14H2,1-3H3. The fraction of sp³-hybridized carbons (Fsp3) is 0.923. The summed E-state index contributed by atoms with van der Waals surface area (Å²) in [5, 5.41) is 0. The molecule has 1 amide bonds. The van der Waals surface area contributed by atoms with Crippen molar-refractivity contribution < 1.29 is 4.79 Å². The second kappa shape index (κ2) is 6.24. The Morgan fingerprint density at radius 2 is 2.12 bits per heavy atom. The minimum absolute atomic E-state index is 0.137. The molecular formula is C13H26N2O. The lowest BCUT2D eigenvalue weighted by molar-refractivity contribution is -0.130. The molecule has 16 heavy (non-hydrogen) atoms. The van der Waals surface area contributed by atoms with Crippen LogP contribution in [0.25, 0.3) is 0 Å². The first-order valence-corrected chi connectivity index (χ1v) is 6.52. The highest BCUT2D eigenvalue weighted by atomic mass is 16.2. The minimum Gasteiger partial charge on any atom is -0.342 e. The predicted octanol–water partition coefficient (Wildman–Crippen LogP) is 2.01. The van der Waals surface area contributed by atoms with Crippen LogP contribution in [0, 0.1) is 11.8 Å². The summed E-state index contributed by atoms with van der Waals surface area (Å²) in [5.41, 5.74) is 5.66. The van der Waals surface area contributed by atoms with Crippen molar-refractivity contribution in [3.8, 4) is 0 Å². The van der Waals surface area contributed by atoms with Crippen LogP contribution >= 0.6 is 0 Å². The van der Waals surface area contributed by atoms with Crippen LogP contribution in [0.15, 0.2) is 0 Å². The molecule has 1 aliphatic heterocycles. The average molecular weight is 226 g/mol. The smallest absolute Gasteiger partial charge is 0.222 e. The van der Waals surface area contributed by atoms with Gasteiger partial charge in [-0.15, -0.1) is 0 Å². The van der Waals surface area contributed by atoms with E-state index in [1.165, 1.54) is 12.8 Å².